The van der Waals surface area contributed by atoms with Crippen molar-refractivity contribution in [2.75, 3.05) is 12.5 Å². The predicted molar refractivity (Wildman–Crippen MR) is 65.6 cm³/mol. The van der Waals surface area contributed by atoms with E-state index in [-0.39, 0.29) is 0 Å². The lowest BCUT2D eigenvalue weighted by Crippen LogP contribution is -2.20. The first-order chi connectivity index (χ1) is 7.88. The van der Waals surface area contributed by atoms with E-state index in [4.69, 9.17) is 4.74 Å². The van der Waals surface area contributed by atoms with Gasteiger partial charge < -0.3 is 4.74 Å². The third kappa shape index (κ3) is 2.95. The minimum Gasteiger partial charge on any atom is -0.497 e. The maximum atomic E-state index is 5.09. The molecule has 0 aliphatic carbocycles. The van der Waals surface area contributed by atoms with Gasteiger partial charge in [-0.05, 0) is 17.7 Å². The molecule has 0 fully saturated rings. The highest BCUT2D eigenvalue weighted by Gasteiger charge is 1.95. The molecule has 0 radical (unpaired) electrons. The van der Waals surface area contributed by atoms with Gasteiger partial charge in [-0.25, -0.2) is 10.4 Å². The van der Waals surface area contributed by atoms with Crippen molar-refractivity contribution in [3.05, 3.63) is 41.4 Å². The van der Waals surface area contributed by atoms with E-state index in [1.54, 1.807) is 24.6 Å². The molecular formula is C11H13N3OS. The van der Waals surface area contributed by atoms with E-state index >= 15 is 0 Å². The molecule has 2 aromatic rings. The zero-order valence-electron chi connectivity index (χ0n) is 8.93. The van der Waals surface area contributed by atoms with Crippen LogP contribution in [0.2, 0.25) is 0 Å². The average molecular weight is 235 g/mol. The highest BCUT2D eigenvalue weighted by molar-refractivity contribution is 7.13. The summed E-state index contributed by atoms with van der Waals surface area (Å²) in [7, 11) is 1.66. The maximum Gasteiger partial charge on any atom is 0.197 e. The van der Waals surface area contributed by atoms with Crippen LogP contribution in [0.15, 0.2) is 35.8 Å². The fourth-order valence-electron chi connectivity index (χ4n) is 1.25. The van der Waals surface area contributed by atoms with Gasteiger partial charge in [-0.1, -0.05) is 12.1 Å². The first kappa shape index (κ1) is 10.9. The SMILES string of the molecule is COc1ccc(CNNc2nccs2)cc1. The van der Waals surface area contributed by atoms with Crippen LogP contribution in [0.5, 0.6) is 5.75 Å². The van der Waals surface area contributed by atoms with Gasteiger partial charge in [0.1, 0.15) is 5.75 Å². The van der Waals surface area contributed by atoms with E-state index in [0.717, 1.165) is 17.4 Å². The van der Waals surface area contributed by atoms with E-state index in [1.807, 2.05) is 29.6 Å². The molecule has 4 nitrogen and oxygen atoms in total. The molecule has 2 N–H and O–H groups in total. The van der Waals surface area contributed by atoms with Crippen LogP contribution in [0, 0.1) is 0 Å². The standard InChI is InChI=1S/C11H13N3OS/c1-15-10-4-2-9(3-5-10)8-13-14-11-12-6-7-16-11/h2-7,13H,8H2,1H3,(H,12,14). The van der Waals surface area contributed by atoms with Gasteiger partial charge in [0.05, 0.1) is 7.11 Å². The average Bonchev–Trinajstić information content (AvgIpc) is 2.83. The van der Waals surface area contributed by atoms with E-state index < -0.39 is 0 Å². The van der Waals surface area contributed by atoms with Crippen molar-refractivity contribution < 1.29 is 4.74 Å². The Morgan fingerprint density at radius 2 is 2.12 bits per heavy atom. The molecule has 2 rings (SSSR count). The Hall–Kier alpha value is -1.59. The van der Waals surface area contributed by atoms with Gasteiger partial charge in [0.2, 0.25) is 0 Å². The number of ether oxygens (including phenoxy) is 1. The Labute approximate surface area is 98.3 Å². The lowest BCUT2D eigenvalue weighted by atomic mass is 10.2. The molecule has 0 spiro atoms. The summed E-state index contributed by atoms with van der Waals surface area (Å²) in [4.78, 5) is 4.10. The molecule has 1 heterocycles. The van der Waals surface area contributed by atoms with Crippen LogP contribution in [0.25, 0.3) is 0 Å². The van der Waals surface area contributed by atoms with Crippen molar-refractivity contribution >= 4 is 16.5 Å². The van der Waals surface area contributed by atoms with Crippen LogP contribution in [0.1, 0.15) is 5.56 Å². The second kappa shape index (κ2) is 5.48. The number of nitrogens with one attached hydrogen (secondary N) is 2. The summed E-state index contributed by atoms with van der Waals surface area (Å²) in [6.45, 7) is 0.740. The molecule has 0 aliphatic heterocycles. The van der Waals surface area contributed by atoms with E-state index in [0.29, 0.717) is 0 Å². The molecule has 0 saturated heterocycles. The van der Waals surface area contributed by atoms with E-state index in [9.17, 15) is 0 Å². The van der Waals surface area contributed by atoms with Crippen molar-refractivity contribution in [1.29, 1.82) is 0 Å². The minimum atomic E-state index is 0.740. The number of nitrogens with zero attached hydrogens (tertiary/aromatic N) is 1. The van der Waals surface area contributed by atoms with Crippen molar-refractivity contribution in [2.45, 2.75) is 6.54 Å². The highest BCUT2D eigenvalue weighted by atomic mass is 32.1. The first-order valence-electron chi connectivity index (χ1n) is 4.90. The Morgan fingerprint density at radius 1 is 1.31 bits per heavy atom. The molecule has 0 bridgehead atoms. The number of hydrogen-bond acceptors (Lipinski definition) is 5. The fourth-order valence-corrected chi connectivity index (χ4v) is 1.75. The molecule has 1 aromatic heterocycles. The Balaban J connectivity index is 1.81. The van der Waals surface area contributed by atoms with E-state index in [2.05, 4.69) is 15.8 Å². The summed E-state index contributed by atoms with van der Waals surface area (Å²) >= 11 is 1.56. The maximum absolute atomic E-state index is 5.09. The molecule has 5 heteroatoms. The normalized spacial score (nSPS) is 10.1. The molecule has 84 valence electrons. The summed E-state index contributed by atoms with van der Waals surface area (Å²) < 4.78 is 5.09. The zero-order valence-corrected chi connectivity index (χ0v) is 9.75. The Morgan fingerprint density at radius 3 is 2.75 bits per heavy atom. The molecule has 0 amide bonds. The lowest BCUT2D eigenvalue weighted by molar-refractivity contribution is 0.414. The summed E-state index contributed by atoms with van der Waals surface area (Å²) in [5, 5.41) is 2.80. The number of anilines is 1. The van der Waals surface area contributed by atoms with E-state index in [1.165, 1.54) is 5.56 Å². The molecule has 0 aliphatic rings. The van der Waals surface area contributed by atoms with Crippen molar-refractivity contribution in [3.8, 4) is 5.75 Å². The predicted octanol–water partition coefficient (Wildman–Crippen LogP) is 2.27. The molecular weight excluding hydrogens is 222 g/mol. The van der Waals surface area contributed by atoms with Gasteiger partial charge in [-0.3, -0.25) is 5.43 Å². The van der Waals surface area contributed by atoms with Gasteiger partial charge in [0.15, 0.2) is 5.13 Å². The van der Waals surface area contributed by atoms with Crippen molar-refractivity contribution in [2.24, 2.45) is 0 Å². The fraction of sp³-hybridized carbons (Fsp3) is 0.182. The number of aromatic nitrogens is 1. The number of rotatable bonds is 5. The third-order valence-electron chi connectivity index (χ3n) is 2.08. The van der Waals surface area contributed by atoms with Gasteiger partial charge >= 0.3 is 0 Å². The smallest absolute Gasteiger partial charge is 0.197 e. The van der Waals surface area contributed by atoms with Crippen molar-refractivity contribution in [3.63, 3.8) is 0 Å². The van der Waals surface area contributed by atoms with Crippen LogP contribution in [0.3, 0.4) is 0 Å². The zero-order chi connectivity index (χ0) is 11.2. The number of hydrazine groups is 1. The number of methoxy groups -OCH3 is 1. The lowest BCUT2D eigenvalue weighted by Gasteiger charge is -2.06. The molecule has 0 saturated carbocycles. The molecule has 0 unspecified atom stereocenters. The quantitative estimate of drug-likeness (QED) is 0.780. The first-order valence-corrected chi connectivity index (χ1v) is 5.78. The largest absolute Gasteiger partial charge is 0.497 e. The Kier molecular flexibility index (Phi) is 3.74. The third-order valence-corrected chi connectivity index (χ3v) is 2.77. The topological polar surface area (TPSA) is 46.2 Å². The van der Waals surface area contributed by atoms with Gasteiger partial charge in [-0.15, -0.1) is 11.3 Å². The van der Waals surface area contributed by atoms with Crippen molar-refractivity contribution in [1.82, 2.24) is 10.4 Å². The summed E-state index contributed by atoms with van der Waals surface area (Å²) in [6, 6.07) is 7.94. The van der Waals surface area contributed by atoms with Crippen LogP contribution in [-0.4, -0.2) is 12.1 Å². The Bertz CT molecular complexity index is 413. The molecule has 0 atom stereocenters. The number of benzene rings is 1. The van der Waals surface area contributed by atoms with Crippen LogP contribution in [0.4, 0.5) is 5.13 Å². The van der Waals surface area contributed by atoms with Gasteiger partial charge in [0, 0.05) is 18.1 Å². The van der Waals surface area contributed by atoms with Gasteiger partial charge in [-0.2, -0.15) is 0 Å². The highest BCUT2D eigenvalue weighted by Crippen LogP contribution is 2.11. The monoisotopic (exact) mass is 235 g/mol. The van der Waals surface area contributed by atoms with Crippen LogP contribution in [-0.2, 0) is 6.54 Å². The van der Waals surface area contributed by atoms with Crippen LogP contribution >= 0.6 is 11.3 Å². The van der Waals surface area contributed by atoms with Gasteiger partial charge in [0.25, 0.3) is 0 Å². The number of thiazole rings is 1. The van der Waals surface area contributed by atoms with Crippen LogP contribution < -0.4 is 15.6 Å². The molecule has 1 aromatic carbocycles. The summed E-state index contributed by atoms with van der Waals surface area (Å²) in [5.41, 5.74) is 7.31. The minimum absolute atomic E-state index is 0.740. The second-order valence-corrected chi connectivity index (χ2v) is 4.06. The summed E-state index contributed by atoms with van der Waals surface area (Å²) in [6.07, 6.45) is 1.77. The second-order valence-electron chi connectivity index (χ2n) is 3.16. The number of hydrogen-bond donors (Lipinski definition) is 2. The summed E-state index contributed by atoms with van der Waals surface area (Å²) in [5.74, 6) is 0.872. The molecule has 16 heavy (non-hydrogen) atoms.